The van der Waals surface area contributed by atoms with Gasteiger partial charge in [0.25, 0.3) is 0 Å². The van der Waals surface area contributed by atoms with Crippen LogP contribution >= 0.6 is 10.1 Å². The Morgan fingerprint density at radius 3 is 1.24 bits per heavy atom. The van der Waals surface area contributed by atoms with Crippen molar-refractivity contribution in [3.63, 3.8) is 0 Å². The van der Waals surface area contributed by atoms with E-state index < -0.39 is 0 Å². The molecule has 3 rings (SSSR count). The maximum atomic E-state index is 4.20. The van der Waals surface area contributed by atoms with Crippen LogP contribution in [0.3, 0.4) is 0 Å². The number of aryl methyl sites for hydroxylation is 6. The van der Waals surface area contributed by atoms with Crippen LogP contribution in [0.4, 0.5) is 11.4 Å². The van der Waals surface area contributed by atoms with Gasteiger partial charge in [0.05, 0.1) is 0 Å². The minimum absolute atomic E-state index is 0.984. The molecule has 1 aliphatic heterocycles. The quantitative estimate of drug-likeness (QED) is 0.605. The van der Waals surface area contributed by atoms with Crippen molar-refractivity contribution in [2.24, 2.45) is 0 Å². The monoisotopic (exact) mass is 404 g/mol. The van der Waals surface area contributed by atoms with E-state index in [9.17, 15) is 0 Å². The number of hydrogen-bond donors (Lipinski definition) is 0. The molecule has 0 saturated carbocycles. The van der Waals surface area contributed by atoms with Gasteiger partial charge in [-0.1, -0.05) is 35.4 Å². The van der Waals surface area contributed by atoms with Crippen molar-refractivity contribution < 1.29 is 15.1 Å². The van der Waals surface area contributed by atoms with Crippen LogP contribution < -0.4 is 9.80 Å². The van der Waals surface area contributed by atoms with Gasteiger partial charge >= 0.3 is 25.2 Å². The third-order valence-corrected chi connectivity index (χ3v) is 4.60. The van der Waals surface area contributed by atoms with Crippen molar-refractivity contribution >= 4 is 21.5 Å². The standard InChI is InChI=1S/C21H26N2.ClH.Cu/c1-14-9-16(3)20(17(4)10-14)22-7-8-23(13-22)21-18(5)11-15(2)12-19(21)6;;/h9-12H,7-8H2,1-6H3;1H;/q;;+1/p-1. The Bertz CT molecular complexity index is 648. The third-order valence-electron chi connectivity index (χ3n) is 4.60. The zero-order chi connectivity index (χ0) is 18.7. The Morgan fingerprint density at radius 1 is 0.680 bits per heavy atom. The summed E-state index contributed by atoms with van der Waals surface area (Å²) >= 11 is 3.66. The number of halogens is 1. The fraction of sp³-hybridized carbons (Fsp3) is 0.381. The maximum absolute atomic E-state index is 4.20. The Labute approximate surface area is 165 Å². The van der Waals surface area contributed by atoms with Crippen molar-refractivity contribution in [3.8, 4) is 0 Å². The molecular weight excluding hydrogens is 379 g/mol. The summed E-state index contributed by atoms with van der Waals surface area (Å²) in [6, 6.07) is 9.04. The van der Waals surface area contributed by atoms with Gasteiger partial charge in [0, 0.05) is 24.5 Å². The second kappa shape index (κ2) is 8.49. The van der Waals surface area contributed by atoms with E-state index in [-0.39, 0.29) is 0 Å². The molecule has 2 aromatic rings. The number of benzene rings is 2. The van der Waals surface area contributed by atoms with E-state index >= 15 is 0 Å². The number of rotatable bonds is 2. The van der Waals surface area contributed by atoms with E-state index in [0.29, 0.717) is 0 Å². The van der Waals surface area contributed by atoms with Crippen LogP contribution in [-0.4, -0.2) is 13.1 Å². The Balaban J connectivity index is 0.00000109. The number of anilines is 2. The van der Waals surface area contributed by atoms with Gasteiger partial charge in [0.2, 0.25) is 6.67 Å². The Morgan fingerprint density at radius 2 is 0.960 bits per heavy atom. The minimum atomic E-state index is 0.984. The fourth-order valence-corrected chi connectivity index (χ4v) is 3.97. The molecule has 25 heavy (non-hydrogen) atoms. The first kappa shape index (κ1) is 20.2. The molecule has 0 atom stereocenters. The van der Waals surface area contributed by atoms with E-state index in [4.69, 9.17) is 0 Å². The molecule has 0 bridgehead atoms. The Kier molecular flexibility index (Phi) is 6.85. The average molecular weight is 405 g/mol. The van der Waals surface area contributed by atoms with E-state index in [0.717, 1.165) is 13.1 Å². The summed E-state index contributed by atoms with van der Waals surface area (Å²) in [5.41, 5.74) is 10.6. The summed E-state index contributed by atoms with van der Waals surface area (Å²) in [5.74, 6) is 0. The van der Waals surface area contributed by atoms with Gasteiger partial charge in [-0.2, -0.15) is 0 Å². The van der Waals surface area contributed by atoms with Crippen molar-refractivity contribution in [1.29, 1.82) is 0 Å². The summed E-state index contributed by atoms with van der Waals surface area (Å²) < 4.78 is 0. The van der Waals surface area contributed by atoms with Crippen molar-refractivity contribution in [2.45, 2.75) is 41.5 Å². The molecule has 0 unspecified atom stereocenters. The van der Waals surface area contributed by atoms with E-state index in [1.165, 1.54) is 44.8 Å². The van der Waals surface area contributed by atoms with Crippen LogP contribution in [0.2, 0.25) is 0 Å². The molecule has 1 saturated heterocycles. The topological polar surface area (TPSA) is 6.48 Å². The van der Waals surface area contributed by atoms with Crippen LogP contribution in [0.15, 0.2) is 24.3 Å². The first-order valence-electron chi connectivity index (χ1n) is 8.45. The predicted molar refractivity (Wildman–Crippen MR) is 105 cm³/mol. The van der Waals surface area contributed by atoms with Gasteiger partial charge in [-0.3, -0.25) is 0 Å². The van der Waals surface area contributed by atoms with Gasteiger partial charge in [-0.25, -0.2) is 0 Å². The van der Waals surface area contributed by atoms with E-state index in [2.05, 4.69) is 107 Å². The molecule has 0 amide bonds. The van der Waals surface area contributed by atoms with Gasteiger partial charge in [-0.15, -0.1) is 0 Å². The van der Waals surface area contributed by atoms with Crippen LogP contribution in [0.1, 0.15) is 33.4 Å². The summed E-state index contributed by atoms with van der Waals surface area (Å²) in [7, 11) is 4.20. The molecule has 4 heteroatoms. The average Bonchev–Trinajstić information content (AvgIpc) is 2.96. The summed E-state index contributed by atoms with van der Waals surface area (Å²) in [6.07, 6.45) is 0. The van der Waals surface area contributed by atoms with Gasteiger partial charge < -0.3 is 9.80 Å². The molecule has 2 radical (unpaired) electrons. The molecule has 2 aromatic carbocycles. The molecular formula is C21H26ClCuN2. The normalized spacial score (nSPS) is 13.8. The van der Waals surface area contributed by atoms with Crippen LogP contribution in [0.25, 0.3) is 0 Å². The summed E-state index contributed by atoms with van der Waals surface area (Å²) in [5, 5.41) is 0. The van der Waals surface area contributed by atoms with E-state index in [1.54, 1.807) is 0 Å². The molecule has 0 spiro atoms. The molecule has 1 heterocycles. The third kappa shape index (κ3) is 4.34. The first-order chi connectivity index (χ1) is 11.9. The van der Waals surface area contributed by atoms with Crippen molar-refractivity contribution in [2.75, 3.05) is 22.9 Å². The zero-order valence-corrected chi connectivity index (χ0v) is 17.5. The number of nitrogens with zero attached hydrogens (tertiary/aromatic N) is 2. The van der Waals surface area contributed by atoms with Crippen molar-refractivity contribution in [3.05, 3.63) is 64.3 Å². The molecule has 0 aromatic heterocycles. The molecule has 0 aliphatic carbocycles. The first-order valence-corrected chi connectivity index (χ1v) is 9.75. The van der Waals surface area contributed by atoms with Crippen molar-refractivity contribution in [1.82, 2.24) is 0 Å². The second-order valence-electron chi connectivity index (χ2n) is 6.90. The zero-order valence-electron chi connectivity index (χ0n) is 15.8. The fourth-order valence-electron chi connectivity index (χ4n) is 3.97. The SMILES string of the molecule is Cc1cc(C)c(N2[C]N(c3c(C)cc(C)cc3C)CC2)c(C)c1.[Cl][Cu]. The molecule has 138 valence electrons. The summed E-state index contributed by atoms with van der Waals surface area (Å²) in [4.78, 5) is 4.56. The molecule has 2 nitrogen and oxygen atoms in total. The van der Waals surface area contributed by atoms with Gasteiger partial charge in [0.15, 0.2) is 0 Å². The Hall–Kier alpha value is -1.15. The summed E-state index contributed by atoms with van der Waals surface area (Å²) in [6.45, 7) is 18.7. The van der Waals surface area contributed by atoms with Crippen LogP contribution in [0, 0.1) is 48.2 Å². The van der Waals surface area contributed by atoms with Crippen LogP contribution in [-0.2, 0) is 15.1 Å². The number of hydrogen-bond acceptors (Lipinski definition) is 2. The molecule has 1 fully saturated rings. The van der Waals surface area contributed by atoms with E-state index in [1.807, 2.05) is 0 Å². The van der Waals surface area contributed by atoms with Crippen LogP contribution in [0.5, 0.6) is 0 Å². The van der Waals surface area contributed by atoms with Gasteiger partial charge in [0.1, 0.15) is 0 Å². The second-order valence-corrected chi connectivity index (χ2v) is 6.90. The van der Waals surface area contributed by atoms with Gasteiger partial charge in [-0.05, 0) is 63.8 Å². The molecule has 0 N–H and O–H groups in total. The molecule has 1 aliphatic rings. The predicted octanol–water partition coefficient (Wildman–Crippen LogP) is 5.55.